The smallest absolute Gasteiger partial charge is 0.301 e. The Morgan fingerprint density at radius 2 is 2.13 bits per heavy atom. The van der Waals surface area contributed by atoms with E-state index in [-0.39, 0.29) is 30.2 Å². The molecule has 1 saturated heterocycles. The average Bonchev–Trinajstić information content (AvgIpc) is 2.93. The largest absolute Gasteiger partial charge is 0.483 e. The monoisotopic (exact) mass is 526 g/mol. The summed E-state index contributed by atoms with van der Waals surface area (Å²) in [7, 11) is 1.50. The molecular formula is C25H24F2N6O5. The summed E-state index contributed by atoms with van der Waals surface area (Å²) in [6.45, 7) is -1.94. The van der Waals surface area contributed by atoms with Gasteiger partial charge in [0.1, 0.15) is 17.6 Å². The van der Waals surface area contributed by atoms with Gasteiger partial charge in [-0.1, -0.05) is 6.07 Å². The maximum absolute atomic E-state index is 14.8. The third-order valence-corrected chi connectivity index (χ3v) is 5.80. The molecule has 0 radical (unpaired) electrons. The second-order valence-electron chi connectivity index (χ2n) is 8.39. The fourth-order valence-electron chi connectivity index (χ4n) is 3.87. The third kappa shape index (κ3) is 5.93. The summed E-state index contributed by atoms with van der Waals surface area (Å²) in [5.74, 6) is -3.35. The van der Waals surface area contributed by atoms with E-state index < -0.39 is 37.2 Å². The minimum absolute atomic E-state index is 0.0232. The average molecular weight is 527 g/mol. The van der Waals surface area contributed by atoms with Crippen molar-refractivity contribution >= 4 is 17.7 Å². The van der Waals surface area contributed by atoms with E-state index >= 15 is 0 Å². The van der Waals surface area contributed by atoms with E-state index in [2.05, 4.69) is 20.3 Å². The SMILES string of the molecule is COc1cccc(Nc2nccc(-c3ccc(OC4CCN(C(=O)[C@@H](O)CO)CC4(F)F)c(C#N)c3)n2)n1. The van der Waals surface area contributed by atoms with Crippen molar-refractivity contribution in [3.05, 3.63) is 54.2 Å². The molecule has 38 heavy (non-hydrogen) atoms. The topological polar surface area (TPSA) is 154 Å². The molecule has 2 aromatic heterocycles. The number of halogens is 2. The van der Waals surface area contributed by atoms with Crippen LogP contribution in [0.25, 0.3) is 11.3 Å². The van der Waals surface area contributed by atoms with Crippen molar-refractivity contribution in [2.24, 2.45) is 0 Å². The molecule has 1 aromatic carbocycles. The molecule has 1 unspecified atom stereocenters. The van der Waals surface area contributed by atoms with Crippen molar-refractivity contribution in [2.45, 2.75) is 24.6 Å². The van der Waals surface area contributed by atoms with Gasteiger partial charge in [-0.3, -0.25) is 4.79 Å². The number of rotatable bonds is 8. The van der Waals surface area contributed by atoms with Crippen LogP contribution < -0.4 is 14.8 Å². The minimum atomic E-state index is -3.45. The molecule has 3 N–H and O–H groups in total. The number of nitrogens with zero attached hydrogens (tertiary/aromatic N) is 5. The normalized spacial score (nSPS) is 17.3. The molecule has 3 aromatic rings. The van der Waals surface area contributed by atoms with Gasteiger partial charge in [-0.05, 0) is 30.3 Å². The Morgan fingerprint density at radius 3 is 2.84 bits per heavy atom. The molecule has 0 bridgehead atoms. The van der Waals surface area contributed by atoms with Crippen LogP contribution in [0.5, 0.6) is 11.6 Å². The lowest BCUT2D eigenvalue weighted by Crippen LogP contribution is -2.57. The zero-order valence-electron chi connectivity index (χ0n) is 20.2. The van der Waals surface area contributed by atoms with Gasteiger partial charge in [0, 0.05) is 30.8 Å². The highest BCUT2D eigenvalue weighted by molar-refractivity contribution is 5.81. The van der Waals surface area contributed by atoms with Crippen LogP contribution in [-0.2, 0) is 4.79 Å². The second-order valence-corrected chi connectivity index (χ2v) is 8.39. The number of piperidine rings is 1. The van der Waals surface area contributed by atoms with E-state index in [1.165, 1.54) is 25.4 Å². The highest BCUT2D eigenvalue weighted by Crippen LogP contribution is 2.34. The van der Waals surface area contributed by atoms with Gasteiger partial charge in [-0.15, -0.1) is 0 Å². The fourth-order valence-corrected chi connectivity index (χ4v) is 3.87. The summed E-state index contributed by atoms with van der Waals surface area (Å²) in [4.78, 5) is 25.6. The van der Waals surface area contributed by atoms with E-state index in [0.717, 1.165) is 4.90 Å². The number of nitrogens with one attached hydrogen (secondary N) is 1. The van der Waals surface area contributed by atoms with E-state index in [9.17, 15) is 23.9 Å². The van der Waals surface area contributed by atoms with Crippen LogP contribution in [0.15, 0.2) is 48.7 Å². The van der Waals surface area contributed by atoms with Crippen LogP contribution in [0.2, 0.25) is 0 Å². The standard InChI is InChI=1S/C25H24F2N6O5/c1-37-22-4-2-3-21(31-22)32-24-29-9-7-17(30-24)15-5-6-19(16(11-15)12-28)38-20-8-10-33(14-25(20,26)27)23(36)18(35)13-34/h2-7,9,11,18,20,34-35H,8,10,13-14H2,1H3,(H,29,30,31,32)/t18-,20?/m0/s1. The Bertz CT molecular complexity index is 1350. The number of benzene rings is 1. The van der Waals surface area contributed by atoms with Crippen molar-refractivity contribution in [1.82, 2.24) is 19.9 Å². The number of nitriles is 1. The Kier molecular flexibility index (Phi) is 7.94. The lowest BCUT2D eigenvalue weighted by atomic mass is 10.0. The molecule has 198 valence electrons. The van der Waals surface area contributed by atoms with Gasteiger partial charge < -0.3 is 29.9 Å². The quantitative estimate of drug-likeness (QED) is 0.398. The number of likely N-dealkylation sites (tertiary alicyclic amines) is 1. The summed E-state index contributed by atoms with van der Waals surface area (Å²) in [5.41, 5.74) is 1.02. The summed E-state index contributed by atoms with van der Waals surface area (Å²) >= 11 is 0. The molecular weight excluding hydrogens is 502 g/mol. The molecule has 1 aliphatic rings. The molecule has 1 amide bonds. The number of aliphatic hydroxyl groups excluding tert-OH is 2. The molecule has 1 aliphatic heterocycles. The van der Waals surface area contributed by atoms with Gasteiger partial charge >= 0.3 is 5.92 Å². The van der Waals surface area contributed by atoms with Crippen LogP contribution >= 0.6 is 0 Å². The highest BCUT2D eigenvalue weighted by Gasteiger charge is 2.48. The van der Waals surface area contributed by atoms with Crippen LogP contribution in [0, 0.1) is 11.3 Å². The zero-order valence-corrected chi connectivity index (χ0v) is 20.2. The Morgan fingerprint density at radius 1 is 1.32 bits per heavy atom. The maximum Gasteiger partial charge on any atom is 0.301 e. The van der Waals surface area contributed by atoms with Crippen LogP contribution in [0.3, 0.4) is 0 Å². The number of pyridine rings is 1. The number of methoxy groups -OCH3 is 1. The molecule has 13 heteroatoms. The first-order chi connectivity index (χ1) is 18.2. The van der Waals surface area contributed by atoms with Crippen LogP contribution in [0.4, 0.5) is 20.5 Å². The zero-order chi connectivity index (χ0) is 27.3. The molecule has 0 aliphatic carbocycles. The number of alkyl halides is 2. The second kappa shape index (κ2) is 11.3. The lowest BCUT2D eigenvalue weighted by Gasteiger charge is -2.38. The first-order valence-corrected chi connectivity index (χ1v) is 11.5. The molecule has 0 saturated carbocycles. The number of aromatic nitrogens is 3. The van der Waals surface area contributed by atoms with Gasteiger partial charge in [0.25, 0.3) is 5.91 Å². The summed E-state index contributed by atoms with van der Waals surface area (Å²) in [6, 6.07) is 13.2. The predicted octanol–water partition coefficient (Wildman–Crippen LogP) is 2.13. The maximum atomic E-state index is 14.8. The Labute approximate surface area is 216 Å². The van der Waals surface area contributed by atoms with Gasteiger partial charge in [0.05, 0.1) is 31.5 Å². The van der Waals surface area contributed by atoms with Crippen LogP contribution in [-0.4, -0.2) is 80.9 Å². The Hall–Kier alpha value is -4.41. The number of hydrogen-bond acceptors (Lipinski definition) is 10. The number of amides is 1. The van der Waals surface area contributed by atoms with Gasteiger partial charge in [0.15, 0.2) is 12.2 Å². The van der Waals surface area contributed by atoms with Crippen molar-refractivity contribution in [3.63, 3.8) is 0 Å². The molecule has 1 fully saturated rings. The van der Waals surface area contributed by atoms with Crippen molar-refractivity contribution in [3.8, 4) is 29.0 Å². The molecule has 0 spiro atoms. The number of carbonyl (C=O) groups excluding carboxylic acids is 1. The third-order valence-electron chi connectivity index (χ3n) is 5.80. The van der Waals surface area contributed by atoms with Gasteiger partial charge in [0.2, 0.25) is 11.8 Å². The molecule has 11 nitrogen and oxygen atoms in total. The van der Waals surface area contributed by atoms with E-state index in [1.807, 2.05) is 6.07 Å². The first-order valence-electron chi connectivity index (χ1n) is 11.5. The fraction of sp³-hybridized carbons (Fsp3) is 0.320. The number of carbonyl (C=O) groups is 1. The van der Waals surface area contributed by atoms with Crippen molar-refractivity contribution in [1.29, 1.82) is 5.26 Å². The number of ether oxygens (including phenoxy) is 2. The molecule has 4 rings (SSSR count). The summed E-state index contributed by atoms with van der Waals surface area (Å²) < 4.78 is 40.2. The number of anilines is 2. The Balaban J connectivity index is 1.50. The van der Waals surface area contributed by atoms with Gasteiger partial charge in [-0.25, -0.2) is 18.7 Å². The van der Waals surface area contributed by atoms with Crippen LogP contribution in [0.1, 0.15) is 12.0 Å². The molecule has 2 atom stereocenters. The highest BCUT2D eigenvalue weighted by atomic mass is 19.3. The summed E-state index contributed by atoms with van der Waals surface area (Å²) in [5, 5.41) is 31.0. The van der Waals surface area contributed by atoms with E-state index in [4.69, 9.17) is 14.6 Å². The minimum Gasteiger partial charge on any atom is -0.483 e. The van der Waals surface area contributed by atoms with Crippen molar-refractivity contribution in [2.75, 3.05) is 32.1 Å². The first kappa shape index (κ1) is 26.6. The van der Waals surface area contributed by atoms with Crippen molar-refractivity contribution < 1.29 is 33.3 Å². The van der Waals surface area contributed by atoms with Gasteiger partial charge in [-0.2, -0.15) is 10.2 Å². The number of aliphatic hydroxyl groups is 2. The summed E-state index contributed by atoms with van der Waals surface area (Å²) in [6.07, 6.45) is -2.07. The van der Waals surface area contributed by atoms with E-state index in [0.29, 0.717) is 23.0 Å². The van der Waals surface area contributed by atoms with E-state index in [1.54, 1.807) is 30.3 Å². The molecule has 3 heterocycles. The predicted molar refractivity (Wildman–Crippen MR) is 130 cm³/mol. The lowest BCUT2D eigenvalue weighted by molar-refractivity contribution is -0.167. The number of hydrogen-bond donors (Lipinski definition) is 3.